The van der Waals surface area contributed by atoms with Gasteiger partial charge in [-0.05, 0) is 47.0 Å². The molecule has 0 aliphatic heterocycles. The topological polar surface area (TPSA) is 42.1 Å². The molecule has 0 aliphatic carbocycles. The van der Waals surface area contributed by atoms with Gasteiger partial charge in [0.05, 0.1) is 11.2 Å². The predicted molar refractivity (Wildman–Crippen MR) is 95.9 cm³/mol. The lowest BCUT2D eigenvalue weighted by Gasteiger charge is -2.26. The van der Waals surface area contributed by atoms with E-state index in [1.165, 1.54) is 31.4 Å². The highest BCUT2D eigenvalue weighted by molar-refractivity contribution is 9.10. The van der Waals surface area contributed by atoms with Crippen LogP contribution in [0.25, 0.3) is 10.9 Å². The van der Waals surface area contributed by atoms with Gasteiger partial charge in [-0.25, -0.2) is 0 Å². The SMILES string of the molecule is CCCCN(CCCC)c1ccc(N)c2cc(Br)cnc12. The lowest BCUT2D eigenvalue weighted by molar-refractivity contribution is 0.679. The van der Waals surface area contributed by atoms with E-state index >= 15 is 0 Å². The van der Waals surface area contributed by atoms with E-state index < -0.39 is 0 Å². The molecule has 0 saturated carbocycles. The summed E-state index contributed by atoms with van der Waals surface area (Å²) in [7, 11) is 0. The van der Waals surface area contributed by atoms with Gasteiger partial charge in [0, 0.05) is 34.8 Å². The zero-order valence-electron chi connectivity index (χ0n) is 12.9. The number of anilines is 2. The Kier molecular flexibility index (Phi) is 5.85. The maximum Gasteiger partial charge on any atom is 0.0956 e. The maximum atomic E-state index is 6.12. The fourth-order valence-electron chi connectivity index (χ4n) is 2.51. The molecule has 0 saturated heterocycles. The van der Waals surface area contributed by atoms with E-state index in [-0.39, 0.29) is 0 Å². The number of hydrogen-bond acceptors (Lipinski definition) is 3. The van der Waals surface area contributed by atoms with Crippen LogP contribution in [0.5, 0.6) is 0 Å². The van der Waals surface area contributed by atoms with Crippen LogP contribution in [0.4, 0.5) is 11.4 Å². The molecule has 3 nitrogen and oxygen atoms in total. The van der Waals surface area contributed by atoms with Gasteiger partial charge in [0.25, 0.3) is 0 Å². The van der Waals surface area contributed by atoms with Gasteiger partial charge in [-0.3, -0.25) is 4.98 Å². The van der Waals surface area contributed by atoms with Crippen molar-refractivity contribution in [1.82, 2.24) is 4.98 Å². The average Bonchev–Trinajstić information content (AvgIpc) is 2.49. The van der Waals surface area contributed by atoms with Crippen molar-refractivity contribution >= 4 is 38.2 Å². The van der Waals surface area contributed by atoms with Crippen molar-refractivity contribution in [1.29, 1.82) is 0 Å². The van der Waals surface area contributed by atoms with Gasteiger partial charge < -0.3 is 10.6 Å². The number of benzene rings is 1. The first-order valence-electron chi connectivity index (χ1n) is 7.76. The highest BCUT2D eigenvalue weighted by atomic mass is 79.9. The molecule has 1 heterocycles. The third kappa shape index (κ3) is 3.88. The third-order valence-electron chi connectivity index (χ3n) is 3.73. The molecule has 0 radical (unpaired) electrons. The number of halogens is 1. The van der Waals surface area contributed by atoms with Crippen LogP contribution in [-0.4, -0.2) is 18.1 Å². The predicted octanol–water partition coefficient (Wildman–Crippen LogP) is 4.99. The molecule has 2 N–H and O–H groups in total. The summed E-state index contributed by atoms with van der Waals surface area (Å²) in [4.78, 5) is 7.06. The Hall–Kier alpha value is -1.29. The quantitative estimate of drug-likeness (QED) is 0.716. The van der Waals surface area contributed by atoms with Gasteiger partial charge in [-0.2, -0.15) is 0 Å². The Bertz CT molecular complexity index is 590. The lowest BCUT2D eigenvalue weighted by atomic mass is 10.1. The highest BCUT2D eigenvalue weighted by Crippen LogP contribution is 2.31. The van der Waals surface area contributed by atoms with E-state index in [2.05, 4.69) is 51.8 Å². The van der Waals surface area contributed by atoms with E-state index in [1.54, 1.807) is 0 Å². The third-order valence-corrected chi connectivity index (χ3v) is 4.17. The molecule has 1 aromatic carbocycles. The van der Waals surface area contributed by atoms with Crippen LogP contribution in [0, 0.1) is 0 Å². The van der Waals surface area contributed by atoms with Crippen LogP contribution in [-0.2, 0) is 0 Å². The molecule has 0 unspecified atom stereocenters. The average molecular weight is 350 g/mol. The Morgan fingerprint density at radius 1 is 1.14 bits per heavy atom. The van der Waals surface area contributed by atoms with Gasteiger partial charge >= 0.3 is 0 Å². The van der Waals surface area contributed by atoms with Crippen molar-refractivity contribution in [3.63, 3.8) is 0 Å². The largest absolute Gasteiger partial charge is 0.398 e. The van der Waals surface area contributed by atoms with E-state index in [1.807, 2.05) is 12.3 Å². The van der Waals surface area contributed by atoms with Crippen LogP contribution in [0.3, 0.4) is 0 Å². The summed E-state index contributed by atoms with van der Waals surface area (Å²) in [6, 6.07) is 6.17. The smallest absolute Gasteiger partial charge is 0.0956 e. The zero-order valence-corrected chi connectivity index (χ0v) is 14.5. The summed E-state index contributed by atoms with van der Waals surface area (Å²) in [6.45, 7) is 6.61. The minimum absolute atomic E-state index is 0.786. The first-order valence-corrected chi connectivity index (χ1v) is 8.55. The summed E-state index contributed by atoms with van der Waals surface area (Å²) in [5.41, 5.74) is 9.11. The summed E-state index contributed by atoms with van der Waals surface area (Å²) in [5.74, 6) is 0. The van der Waals surface area contributed by atoms with E-state index in [9.17, 15) is 0 Å². The zero-order chi connectivity index (χ0) is 15.2. The number of rotatable bonds is 7. The molecule has 2 rings (SSSR count). The highest BCUT2D eigenvalue weighted by Gasteiger charge is 2.12. The monoisotopic (exact) mass is 349 g/mol. The molecule has 4 heteroatoms. The second-order valence-corrected chi connectivity index (χ2v) is 6.33. The molecule has 0 atom stereocenters. The minimum atomic E-state index is 0.786. The molecule has 114 valence electrons. The fraction of sp³-hybridized carbons (Fsp3) is 0.471. The maximum absolute atomic E-state index is 6.12. The summed E-state index contributed by atoms with van der Waals surface area (Å²) < 4.78 is 0.965. The number of aromatic nitrogens is 1. The molecule has 1 aromatic heterocycles. The molecule has 0 spiro atoms. The molecule has 2 aromatic rings. The second kappa shape index (κ2) is 7.64. The van der Waals surface area contributed by atoms with Crippen molar-refractivity contribution in [2.75, 3.05) is 23.7 Å². The molecule has 0 amide bonds. The normalized spacial score (nSPS) is 11.0. The number of unbranched alkanes of at least 4 members (excludes halogenated alkanes) is 2. The van der Waals surface area contributed by atoms with E-state index in [0.29, 0.717) is 0 Å². The molecular weight excluding hydrogens is 326 g/mol. The van der Waals surface area contributed by atoms with Crippen molar-refractivity contribution in [3.8, 4) is 0 Å². The van der Waals surface area contributed by atoms with Gasteiger partial charge in [0.2, 0.25) is 0 Å². The van der Waals surface area contributed by atoms with Crippen molar-refractivity contribution in [2.24, 2.45) is 0 Å². The molecule has 0 fully saturated rings. The van der Waals surface area contributed by atoms with Crippen molar-refractivity contribution in [2.45, 2.75) is 39.5 Å². The molecular formula is C17H24BrN3. The number of pyridine rings is 1. The summed E-state index contributed by atoms with van der Waals surface area (Å²) >= 11 is 3.48. The Morgan fingerprint density at radius 2 is 1.81 bits per heavy atom. The van der Waals surface area contributed by atoms with Crippen LogP contribution in [0.1, 0.15) is 39.5 Å². The number of nitrogen functional groups attached to an aromatic ring is 1. The standard InChI is InChI=1S/C17H24BrN3/c1-3-5-9-21(10-6-4-2)16-8-7-15(19)14-11-13(18)12-20-17(14)16/h7-8,11-12H,3-6,9-10,19H2,1-2H3. The van der Waals surface area contributed by atoms with Gasteiger partial charge in [0.1, 0.15) is 0 Å². The summed E-state index contributed by atoms with van der Waals surface area (Å²) in [6.07, 6.45) is 6.66. The molecule has 0 aliphatic rings. The number of fused-ring (bicyclic) bond motifs is 1. The van der Waals surface area contributed by atoms with Crippen LogP contribution < -0.4 is 10.6 Å². The number of nitrogens with zero attached hydrogens (tertiary/aromatic N) is 2. The van der Waals surface area contributed by atoms with Crippen LogP contribution >= 0.6 is 15.9 Å². The minimum Gasteiger partial charge on any atom is -0.398 e. The van der Waals surface area contributed by atoms with E-state index in [4.69, 9.17) is 5.73 Å². The number of hydrogen-bond donors (Lipinski definition) is 1. The molecule has 21 heavy (non-hydrogen) atoms. The van der Waals surface area contributed by atoms with Crippen molar-refractivity contribution in [3.05, 3.63) is 28.9 Å². The fourth-order valence-corrected chi connectivity index (χ4v) is 2.84. The Morgan fingerprint density at radius 3 is 2.43 bits per heavy atom. The Labute approximate surface area is 135 Å². The van der Waals surface area contributed by atoms with Crippen LogP contribution in [0.15, 0.2) is 28.9 Å². The summed E-state index contributed by atoms with van der Waals surface area (Å²) in [5, 5.41) is 1.03. The first-order chi connectivity index (χ1) is 10.2. The Balaban J connectivity index is 2.43. The van der Waals surface area contributed by atoms with E-state index in [0.717, 1.165) is 34.2 Å². The number of nitrogens with two attached hydrogens (primary N) is 1. The van der Waals surface area contributed by atoms with Crippen LogP contribution in [0.2, 0.25) is 0 Å². The van der Waals surface area contributed by atoms with Gasteiger partial charge in [0.15, 0.2) is 0 Å². The first kappa shape index (κ1) is 16.1. The van der Waals surface area contributed by atoms with Crippen molar-refractivity contribution < 1.29 is 0 Å². The lowest BCUT2D eigenvalue weighted by Crippen LogP contribution is -2.26. The van der Waals surface area contributed by atoms with Gasteiger partial charge in [-0.1, -0.05) is 26.7 Å². The van der Waals surface area contributed by atoms with Gasteiger partial charge in [-0.15, -0.1) is 0 Å². The molecule has 0 bridgehead atoms. The second-order valence-electron chi connectivity index (χ2n) is 5.42.